The predicted octanol–water partition coefficient (Wildman–Crippen LogP) is 3.54. The molecule has 5 nitrogen and oxygen atoms in total. The highest BCUT2D eigenvalue weighted by Crippen LogP contribution is 2.19. The molecule has 1 amide bonds. The summed E-state index contributed by atoms with van der Waals surface area (Å²) in [5, 5.41) is 4.14. The van der Waals surface area contributed by atoms with E-state index < -0.39 is 0 Å². The van der Waals surface area contributed by atoms with Crippen molar-refractivity contribution in [3.05, 3.63) is 59.4 Å². The summed E-state index contributed by atoms with van der Waals surface area (Å²) in [6.45, 7) is 9.26. The maximum atomic E-state index is 12.6. The van der Waals surface area contributed by atoms with Crippen molar-refractivity contribution in [2.45, 2.75) is 33.1 Å². The maximum Gasteiger partial charge on any atom is 0.246 e. The molecule has 3 rings (SSSR count). The molecule has 1 saturated heterocycles. The molecule has 0 N–H and O–H groups in total. The molecular weight excluding hydrogens is 360 g/mol. The van der Waals surface area contributed by atoms with Crippen LogP contribution >= 0.6 is 0 Å². The van der Waals surface area contributed by atoms with Gasteiger partial charge in [0.2, 0.25) is 5.91 Å². The van der Waals surface area contributed by atoms with Crippen LogP contribution in [0.1, 0.15) is 36.5 Å². The molecule has 1 fully saturated rings. The Bertz CT molecular complexity index is 818. The molecule has 0 atom stereocenters. The number of likely N-dealkylation sites (tertiary alicyclic amines) is 1. The maximum absolute atomic E-state index is 12.6. The van der Waals surface area contributed by atoms with Crippen LogP contribution in [-0.4, -0.2) is 58.2 Å². The Morgan fingerprint density at radius 1 is 1.28 bits per heavy atom. The summed E-state index contributed by atoms with van der Waals surface area (Å²) in [7, 11) is 1.88. The van der Waals surface area contributed by atoms with E-state index >= 15 is 0 Å². The first-order valence-electron chi connectivity index (χ1n) is 10.8. The third-order valence-corrected chi connectivity index (χ3v) is 5.98. The summed E-state index contributed by atoms with van der Waals surface area (Å²) >= 11 is 0. The molecule has 0 radical (unpaired) electrons. The second kappa shape index (κ2) is 10.4. The molecule has 1 aromatic heterocycles. The third kappa shape index (κ3) is 6.29. The second-order valence-electron chi connectivity index (χ2n) is 8.12. The highest BCUT2D eigenvalue weighted by Gasteiger charge is 2.22. The summed E-state index contributed by atoms with van der Waals surface area (Å²) in [6.07, 6.45) is 10.7. The largest absolute Gasteiger partial charge is 0.339 e. The normalized spacial score (nSPS) is 15.8. The number of aryl methyl sites for hydroxylation is 2. The van der Waals surface area contributed by atoms with Crippen LogP contribution in [0, 0.1) is 12.8 Å². The van der Waals surface area contributed by atoms with Gasteiger partial charge in [-0.25, -0.2) is 0 Å². The molecule has 0 spiro atoms. The molecule has 0 aliphatic carbocycles. The van der Waals surface area contributed by atoms with Gasteiger partial charge in [0.1, 0.15) is 0 Å². The van der Waals surface area contributed by atoms with Crippen LogP contribution in [0.15, 0.2) is 42.7 Å². The quantitative estimate of drug-likeness (QED) is 0.643. The zero-order valence-corrected chi connectivity index (χ0v) is 18.1. The number of likely N-dealkylation sites (N-methyl/N-ethyl adjacent to an activating group) is 1. The minimum atomic E-state index is 0.0957. The molecule has 29 heavy (non-hydrogen) atoms. The molecule has 156 valence electrons. The SMILES string of the molecule is CCN(CC1CCN(CCc2ccccc2C)CC1)C(=O)C=Cc1cnn(C)c1. The Kier molecular flexibility index (Phi) is 7.64. The van der Waals surface area contributed by atoms with Gasteiger partial charge in [-0.05, 0) is 69.3 Å². The van der Waals surface area contributed by atoms with E-state index in [1.54, 1.807) is 17.0 Å². The van der Waals surface area contributed by atoms with Crippen LogP contribution in [-0.2, 0) is 18.3 Å². The number of rotatable bonds is 8. The number of hydrogen-bond acceptors (Lipinski definition) is 3. The average molecular weight is 395 g/mol. The van der Waals surface area contributed by atoms with Crippen molar-refractivity contribution < 1.29 is 4.79 Å². The monoisotopic (exact) mass is 394 g/mol. The van der Waals surface area contributed by atoms with Crippen LogP contribution < -0.4 is 0 Å². The van der Waals surface area contributed by atoms with Gasteiger partial charge in [-0.3, -0.25) is 9.48 Å². The van der Waals surface area contributed by atoms with E-state index in [0.29, 0.717) is 5.92 Å². The molecule has 1 aliphatic rings. The molecule has 2 aromatic rings. The lowest BCUT2D eigenvalue weighted by Gasteiger charge is -2.34. The summed E-state index contributed by atoms with van der Waals surface area (Å²) in [5.74, 6) is 0.693. The van der Waals surface area contributed by atoms with Gasteiger partial charge in [-0.2, -0.15) is 5.10 Å². The summed E-state index contributed by atoms with van der Waals surface area (Å²) in [6, 6.07) is 8.68. The van der Waals surface area contributed by atoms with Crippen LogP contribution in [0.4, 0.5) is 0 Å². The van der Waals surface area contributed by atoms with Crippen molar-refractivity contribution in [1.29, 1.82) is 0 Å². The van der Waals surface area contributed by atoms with Crippen molar-refractivity contribution in [3.8, 4) is 0 Å². The number of aromatic nitrogens is 2. The van der Waals surface area contributed by atoms with E-state index in [-0.39, 0.29) is 5.91 Å². The Balaban J connectivity index is 1.43. The molecule has 0 saturated carbocycles. The topological polar surface area (TPSA) is 41.4 Å². The smallest absolute Gasteiger partial charge is 0.246 e. The Labute approximate surface area is 175 Å². The minimum absolute atomic E-state index is 0.0957. The lowest BCUT2D eigenvalue weighted by atomic mass is 9.95. The van der Waals surface area contributed by atoms with Crippen molar-refractivity contribution in [2.75, 3.05) is 32.7 Å². The molecule has 1 aromatic carbocycles. The zero-order valence-electron chi connectivity index (χ0n) is 18.1. The molecule has 0 bridgehead atoms. The van der Waals surface area contributed by atoms with Gasteiger partial charge in [-0.1, -0.05) is 24.3 Å². The minimum Gasteiger partial charge on any atom is -0.339 e. The van der Waals surface area contributed by atoms with Gasteiger partial charge >= 0.3 is 0 Å². The standard InChI is InChI=1S/C24H34N4O/c1-4-28(24(29)10-9-22-17-25-26(3)18-22)19-21-11-14-27(15-12-21)16-13-23-8-6-5-7-20(23)2/h5-10,17-18,21H,4,11-16,19H2,1-3H3. The van der Waals surface area contributed by atoms with Crippen molar-refractivity contribution in [2.24, 2.45) is 13.0 Å². The van der Waals surface area contributed by atoms with E-state index in [4.69, 9.17) is 0 Å². The number of hydrogen-bond donors (Lipinski definition) is 0. The number of nitrogens with zero attached hydrogens (tertiary/aromatic N) is 4. The summed E-state index contributed by atoms with van der Waals surface area (Å²) < 4.78 is 1.74. The highest BCUT2D eigenvalue weighted by atomic mass is 16.2. The average Bonchev–Trinajstić information content (AvgIpc) is 3.15. The zero-order chi connectivity index (χ0) is 20.6. The van der Waals surface area contributed by atoms with E-state index in [9.17, 15) is 4.79 Å². The van der Waals surface area contributed by atoms with Crippen LogP contribution in [0.2, 0.25) is 0 Å². The lowest BCUT2D eigenvalue weighted by molar-refractivity contribution is -0.126. The lowest BCUT2D eigenvalue weighted by Crippen LogP contribution is -2.41. The van der Waals surface area contributed by atoms with Crippen LogP contribution in [0.25, 0.3) is 6.08 Å². The van der Waals surface area contributed by atoms with Crippen LogP contribution in [0.3, 0.4) is 0 Å². The fourth-order valence-electron chi connectivity index (χ4n) is 4.05. The molecular formula is C24H34N4O. The number of piperidine rings is 1. The van der Waals surface area contributed by atoms with Gasteiger partial charge < -0.3 is 9.80 Å². The van der Waals surface area contributed by atoms with Crippen molar-refractivity contribution >= 4 is 12.0 Å². The van der Waals surface area contributed by atoms with E-state index in [1.165, 1.54) is 24.0 Å². The van der Waals surface area contributed by atoms with Crippen molar-refractivity contribution in [1.82, 2.24) is 19.6 Å². The van der Waals surface area contributed by atoms with E-state index in [0.717, 1.165) is 44.7 Å². The van der Waals surface area contributed by atoms with Crippen molar-refractivity contribution in [3.63, 3.8) is 0 Å². The fraction of sp³-hybridized carbons (Fsp3) is 0.500. The van der Waals surface area contributed by atoms with Gasteiger partial charge in [0.05, 0.1) is 6.20 Å². The molecule has 0 unspecified atom stereocenters. The van der Waals surface area contributed by atoms with Gasteiger partial charge in [-0.15, -0.1) is 0 Å². The Morgan fingerprint density at radius 3 is 2.69 bits per heavy atom. The third-order valence-electron chi connectivity index (χ3n) is 5.98. The van der Waals surface area contributed by atoms with Gasteiger partial charge in [0.25, 0.3) is 0 Å². The molecule has 5 heteroatoms. The predicted molar refractivity (Wildman–Crippen MR) is 119 cm³/mol. The first-order valence-corrected chi connectivity index (χ1v) is 10.8. The Hall–Kier alpha value is -2.40. The fourth-order valence-corrected chi connectivity index (χ4v) is 4.05. The summed E-state index contributed by atoms with van der Waals surface area (Å²) in [5.41, 5.74) is 3.80. The number of carbonyl (C=O) groups is 1. The first kappa shape index (κ1) is 21.3. The first-order chi connectivity index (χ1) is 14.0. The van der Waals surface area contributed by atoms with Gasteiger partial charge in [0, 0.05) is 44.5 Å². The molecule has 2 heterocycles. The van der Waals surface area contributed by atoms with E-state index in [1.807, 2.05) is 24.2 Å². The second-order valence-corrected chi connectivity index (χ2v) is 8.12. The van der Waals surface area contributed by atoms with Gasteiger partial charge in [0.15, 0.2) is 0 Å². The Morgan fingerprint density at radius 2 is 2.03 bits per heavy atom. The number of benzene rings is 1. The number of amides is 1. The number of carbonyl (C=O) groups excluding carboxylic acids is 1. The highest BCUT2D eigenvalue weighted by molar-refractivity contribution is 5.91. The van der Waals surface area contributed by atoms with Crippen LogP contribution in [0.5, 0.6) is 0 Å². The molecule has 1 aliphatic heterocycles. The van der Waals surface area contributed by atoms with E-state index in [2.05, 4.69) is 48.1 Å². The summed E-state index contributed by atoms with van der Waals surface area (Å²) in [4.78, 5) is 17.1.